The average molecular weight is 185 g/mol. The molecule has 6 heteroatoms. The van der Waals surface area contributed by atoms with Crippen LogP contribution in [0.25, 0.3) is 0 Å². The highest BCUT2D eigenvalue weighted by molar-refractivity contribution is 5.84. The molecule has 5 N–H and O–H groups in total. The normalized spacial score (nSPS) is 33.6. The van der Waals surface area contributed by atoms with E-state index in [9.17, 15) is 15.0 Å². The summed E-state index contributed by atoms with van der Waals surface area (Å²) in [4.78, 5) is 11.1. The van der Waals surface area contributed by atoms with Crippen molar-refractivity contribution in [2.24, 2.45) is 0 Å². The van der Waals surface area contributed by atoms with Gasteiger partial charge in [-0.15, -0.1) is 0 Å². The van der Waals surface area contributed by atoms with Crippen LogP contribution in [0.15, 0.2) is 0 Å². The molecule has 72 valence electrons. The lowest BCUT2D eigenvalue weighted by Crippen LogP contribution is -2.44. The Morgan fingerprint density at radius 1 is 1.42 bits per heavy atom. The van der Waals surface area contributed by atoms with Gasteiger partial charge in [0.2, 0.25) is 0 Å². The number of Topliss-reactive ketones (excluding diaryl/α,β-unsaturated/α-hetero) is 1. The van der Waals surface area contributed by atoms with Crippen LogP contribution in [0.1, 0.15) is 6.85 Å². The first kappa shape index (κ1) is 5.25. The number of hydrogen-bond donors (Lipinski definition) is 5. The first-order valence-corrected chi connectivity index (χ1v) is 2.77. The molecule has 0 unspecified atom stereocenters. The summed E-state index contributed by atoms with van der Waals surface area (Å²) in [6.45, 7) is -5.38. The molecule has 0 aromatic carbocycles. The Labute approximate surface area is 75.7 Å². The maximum atomic E-state index is 11.1. The molecule has 12 heavy (non-hydrogen) atoms. The maximum absolute atomic E-state index is 11.1. The number of rotatable bonds is 5. The molecule has 0 aromatic heterocycles. The average Bonchev–Trinajstić information content (AvgIpc) is 2.14. The minimum atomic E-state index is -4.07. The van der Waals surface area contributed by atoms with Crippen molar-refractivity contribution in [2.45, 2.75) is 18.2 Å². The molecule has 0 saturated heterocycles. The molecule has 0 fully saturated rings. The highest BCUT2D eigenvalue weighted by Crippen LogP contribution is 2.00. The third-order valence-electron chi connectivity index (χ3n) is 0.964. The van der Waals surface area contributed by atoms with E-state index in [1.165, 1.54) is 0 Å². The number of hydrogen-bond acceptors (Lipinski definition) is 6. The van der Waals surface area contributed by atoms with Crippen LogP contribution in [0.2, 0.25) is 0 Å². The van der Waals surface area contributed by atoms with Crippen molar-refractivity contribution in [1.82, 2.24) is 0 Å². The van der Waals surface area contributed by atoms with E-state index in [1.54, 1.807) is 0 Å². The largest absolute Gasteiger partial charge is 0.394 e. The summed E-state index contributed by atoms with van der Waals surface area (Å²) < 4.78 is 33.8. The van der Waals surface area contributed by atoms with Gasteiger partial charge in [0, 0.05) is 0 Å². The second-order valence-corrected chi connectivity index (χ2v) is 1.74. The van der Waals surface area contributed by atoms with Gasteiger partial charge in [0.25, 0.3) is 0 Å². The zero-order valence-electron chi connectivity index (χ0n) is 10.9. The molecule has 0 aliphatic rings. The predicted molar refractivity (Wildman–Crippen MR) is 37.2 cm³/mol. The van der Waals surface area contributed by atoms with Gasteiger partial charge in [-0.3, -0.25) is 4.79 Å². The summed E-state index contributed by atoms with van der Waals surface area (Å²) in [5.74, 6) is -2.36. The second-order valence-electron chi connectivity index (χ2n) is 1.74. The fourth-order valence-electron chi connectivity index (χ4n) is 0.372. The van der Waals surface area contributed by atoms with Gasteiger partial charge in [0.05, 0.1) is 13.5 Å². The molecule has 6 nitrogen and oxygen atoms in total. The highest BCUT2D eigenvalue weighted by atomic mass is 16.4. The van der Waals surface area contributed by atoms with E-state index in [2.05, 4.69) is 0 Å². The van der Waals surface area contributed by atoms with Crippen molar-refractivity contribution >= 4 is 5.78 Å². The summed E-state index contributed by atoms with van der Waals surface area (Å²) in [6, 6.07) is 0. The first-order valence-electron chi connectivity index (χ1n) is 5.27. The molecule has 0 aromatic rings. The molecule has 3 atom stereocenters. The highest BCUT2D eigenvalue weighted by Gasteiger charge is 2.28. The molecule has 0 saturated carbocycles. The lowest BCUT2D eigenvalue weighted by molar-refractivity contribution is -0.142. The number of carbonyl (C=O) groups excluding carboxylic acids is 1. The quantitative estimate of drug-likeness (QED) is 0.305. The molecule has 0 amide bonds. The van der Waals surface area contributed by atoms with E-state index in [1.807, 2.05) is 0 Å². The Morgan fingerprint density at radius 2 is 1.92 bits per heavy atom. The van der Waals surface area contributed by atoms with E-state index in [-0.39, 0.29) is 0 Å². The Morgan fingerprint density at radius 3 is 2.25 bits per heavy atom. The standard InChI is InChI=1S/C6H12O6/c7-1-3(9)5(11)6(12)4(10)2-8/h3,5-9,11-12H,1-2H2/t3-,5-,6-/m1/s1/i2D2,3D,5D,6D. The van der Waals surface area contributed by atoms with E-state index < -0.39 is 37.2 Å². The van der Waals surface area contributed by atoms with Crippen LogP contribution < -0.4 is 0 Å². The van der Waals surface area contributed by atoms with Crippen LogP contribution >= 0.6 is 0 Å². The Balaban J connectivity index is 5.54. The molecule has 0 aliphatic heterocycles. The summed E-state index contributed by atoms with van der Waals surface area (Å²) in [6.07, 6.45) is -11.6. The zero-order valence-corrected chi connectivity index (χ0v) is 5.85. The maximum Gasteiger partial charge on any atom is 0.189 e. The fraction of sp³-hybridized carbons (Fsp3) is 0.833. The van der Waals surface area contributed by atoms with E-state index >= 15 is 0 Å². The van der Waals surface area contributed by atoms with Crippen molar-refractivity contribution in [3.8, 4) is 0 Å². The number of aliphatic hydroxyl groups excluding tert-OH is 1. The summed E-state index contributed by atoms with van der Waals surface area (Å²) in [5.41, 5.74) is 0. The van der Waals surface area contributed by atoms with Crippen LogP contribution in [-0.2, 0) is 4.79 Å². The lowest BCUT2D eigenvalue weighted by atomic mass is 10.1. The molecule has 0 heterocycles. The predicted octanol–water partition coefficient (Wildman–Crippen LogP) is -3.38. The smallest absolute Gasteiger partial charge is 0.189 e. The summed E-state index contributed by atoms with van der Waals surface area (Å²) in [5, 5.41) is 44.6. The van der Waals surface area contributed by atoms with Gasteiger partial charge in [0.1, 0.15) is 24.8 Å². The third kappa shape index (κ3) is 2.84. The van der Waals surface area contributed by atoms with Crippen LogP contribution in [-0.4, -0.2) is 62.7 Å². The van der Waals surface area contributed by atoms with Crippen LogP contribution in [0.4, 0.5) is 0 Å². The van der Waals surface area contributed by atoms with Crippen molar-refractivity contribution in [3.05, 3.63) is 0 Å². The SMILES string of the molecule is [2H]C([2H])(O)C(=O)[C@@]([2H])(O)[C@]([2H])(O)[C@]([2H])(O)CO. The monoisotopic (exact) mass is 185 g/mol. The Hall–Kier alpha value is -0.530. The minimum absolute atomic E-state index is 1.62. The third-order valence-corrected chi connectivity index (χ3v) is 0.964. The van der Waals surface area contributed by atoms with Crippen molar-refractivity contribution < 1.29 is 37.2 Å². The number of ketones is 1. The van der Waals surface area contributed by atoms with Gasteiger partial charge < -0.3 is 25.5 Å². The summed E-state index contributed by atoms with van der Waals surface area (Å²) in [7, 11) is 0. The molecule has 0 radical (unpaired) electrons. The van der Waals surface area contributed by atoms with E-state index in [0.717, 1.165) is 0 Å². The zero-order chi connectivity index (χ0) is 14.3. The lowest BCUT2D eigenvalue weighted by Gasteiger charge is -2.19. The van der Waals surface area contributed by atoms with Gasteiger partial charge in [-0.05, 0) is 0 Å². The van der Waals surface area contributed by atoms with Crippen molar-refractivity contribution in [2.75, 3.05) is 13.2 Å². The Kier molecular flexibility index (Phi) is 2.27. The second kappa shape index (κ2) is 5.18. The number of aliphatic hydroxyl groups is 5. The van der Waals surface area contributed by atoms with Crippen molar-refractivity contribution in [3.63, 3.8) is 0 Å². The minimum Gasteiger partial charge on any atom is -0.394 e. The van der Waals surface area contributed by atoms with Gasteiger partial charge in [0.15, 0.2) is 5.78 Å². The van der Waals surface area contributed by atoms with Crippen LogP contribution in [0, 0.1) is 0 Å². The van der Waals surface area contributed by atoms with Crippen LogP contribution in [0.5, 0.6) is 0 Å². The van der Waals surface area contributed by atoms with Crippen LogP contribution in [0.3, 0.4) is 0 Å². The Bertz CT molecular complexity index is 309. The molecule has 0 rings (SSSR count). The van der Waals surface area contributed by atoms with Crippen molar-refractivity contribution in [1.29, 1.82) is 0 Å². The molecular formula is C6H12O6. The van der Waals surface area contributed by atoms with Gasteiger partial charge >= 0.3 is 0 Å². The molecule has 0 aliphatic carbocycles. The van der Waals surface area contributed by atoms with Gasteiger partial charge in [-0.2, -0.15) is 0 Å². The topological polar surface area (TPSA) is 118 Å². The molecule has 0 bridgehead atoms. The van der Waals surface area contributed by atoms with Gasteiger partial charge in [-0.1, -0.05) is 0 Å². The van der Waals surface area contributed by atoms with E-state index in [4.69, 9.17) is 22.2 Å². The molecular weight excluding hydrogens is 168 g/mol. The van der Waals surface area contributed by atoms with Gasteiger partial charge in [-0.25, -0.2) is 0 Å². The fourth-order valence-corrected chi connectivity index (χ4v) is 0.372. The van der Waals surface area contributed by atoms with E-state index in [0.29, 0.717) is 0 Å². The summed E-state index contributed by atoms with van der Waals surface area (Å²) >= 11 is 0. The first-order chi connectivity index (χ1) is 7.22. The number of carbonyl (C=O) groups is 1. The molecule has 0 spiro atoms.